The summed E-state index contributed by atoms with van der Waals surface area (Å²) in [6, 6.07) is 0. The largest absolute Gasteiger partial charge is 0.395 e. The molecule has 1 aliphatic rings. The lowest BCUT2D eigenvalue weighted by molar-refractivity contribution is 0.00616. The van der Waals surface area contributed by atoms with Gasteiger partial charge in [0.25, 0.3) is 0 Å². The average molecular weight is 187 g/mol. The van der Waals surface area contributed by atoms with Crippen LogP contribution in [0, 0.1) is 0 Å². The van der Waals surface area contributed by atoms with Crippen LogP contribution in [0.25, 0.3) is 0 Å². The molecule has 1 heterocycles. The zero-order valence-electron chi connectivity index (χ0n) is 8.54. The predicted octanol–water partition coefficient (Wildman–Crippen LogP) is 0.870. The SMILES string of the molecule is CN(CCO)CCC1CCCCO1. The van der Waals surface area contributed by atoms with E-state index in [-0.39, 0.29) is 6.61 Å². The summed E-state index contributed by atoms with van der Waals surface area (Å²) in [4.78, 5) is 2.15. The molecule has 3 heteroatoms. The number of rotatable bonds is 5. The van der Waals surface area contributed by atoms with E-state index in [0.29, 0.717) is 6.10 Å². The third-order valence-corrected chi connectivity index (χ3v) is 2.59. The first-order chi connectivity index (χ1) is 6.33. The van der Waals surface area contributed by atoms with Crippen molar-refractivity contribution in [3.63, 3.8) is 0 Å². The molecule has 0 aromatic rings. The molecule has 0 aromatic carbocycles. The van der Waals surface area contributed by atoms with Gasteiger partial charge in [0.05, 0.1) is 12.7 Å². The number of nitrogens with zero attached hydrogens (tertiary/aromatic N) is 1. The van der Waals surface area contributed by atoms with Gasteiger partial charge in [-0.3, -0.25) is 0 Å². The van der Waals surface area contributed by atoms with Gasteiger partial charge in [-0.05, 0) is 32.7 Å². The molecule has 1 unspecified atom stereocenters. The minimum atomic E-state index is 0.252. The number of likely N-dealkylation sites (N-methyl/N-ethyl adjacent to an activating group) is 1. The van der Waals surface area contributed by atoms with Crippen LogP contribution in [0.2, 0.25) is 0 Å². The van der Waals surface area contributed by atoms with Crippen molar-refractivity contribution in [2.24, 2.45) is 0 Å². The quantitative estimate of drug-likeness (QED) is 0.693. The lowest BCUT2D eigenvalue weighted by atomic mass is 10.1. The molecule has 1 aliphatic heterocycles. The molecule has 78 valence electrons. The fourth-order valence-electron chi connectivity index (χ4n) is 1.68. The first-order valence-electron chi connectivity index (χ1n) is 5.24. The second-order valence-electron chi connectivity index (χ2n) is 3.80. The molecule has 1 rings (SSSR count). The molecule has 0 aromatic heterocycles. The Bertz CT molecular complexity index is 124. The molecule has 13 heavy (non-hydrogen) atoms. The Morgan fingerprint density at radius 1 is 1.38 bits per heavy atom. The van der Waals surface area contributed by atoms with Crippen molar-refractivity contribution < 1.29 is 9.84 Å². The van der Waals surface area contributed by atoms with Crippen molar-refractivity contribution >= 4 is 0 Å². The molecule has 3 nitrogen and oxygen atoms in total. The Labute approximate surface area is 80.7 Å². The van der Waals surface area contributed by atoms with Crippen molar-refractivity contribution in [2.45, 2.75) is 31.8 Å². The van der Waals surface area contributed by atoms with Crippen LogP contribution in [0.1, 0.15) is 25.7 Å². The highest BCUT2D eigenvalue weighted by Gasteiger charge is 2.13. The maximum absolute atomic E-state index is 8.70. The zero-order chi connectivity index (χ0) is 9.52. The topological polar surface area (TPSA) is 32.7 Å². The Hall–Kier alpha value is -0.120. The number of hydrogen-bond donors (Lipinski definition) is 1. The summed E-state index contributed by atoms with van der Waals surface area (Å²) in [5.74, 6) is 0. The standard InChI is InChI=1S/C10H21NO2/c1-11(7-8-12)6-5-10-4-2-3-9-13-10/h10,12H,2-9H2,1H3. The Kier molecular flexibility index (Phi) is 5.35. The van der Waals surface area contributed by atoms with E-state index in [4.69, 9.17) is 9.84 Å². The summed E-state index contributed by atoms with van der Waals surface area (Å²) in [5, 5.41) is 8.70. The third-order valence-electron chi connectivity index (χ3n) is 2.59. The van der Waals surface area contributed by atoms with E-state index in [1.807, 2.05) is 7.05 Å². The van der Waals surface area contributed by atoms with Crippen molar-refractivity contribution in [2.75, 3.05) is 33.4 Å². The summed E-state index contributed by atoms with van der Waals surface area (Å²) in [7, 11) is 2.04. The fraction of sp³-hybridized carbons (Fsp3) is 1.00. The van der Waals surface area contributed by atoms with Crippen LogP contribution in [0.4, 0.5) is 0 Å². The second kappa shape index (κ2) is 6.35. The van der Waals surface area contributed by atoms with Gasteiger partial charge in [-0.25, -0.2) is 0 Å². The molecule has 1 atom stereocenters. The van der Waals surface area contributed by atoms with Crippen molar-refractivity contribution in [1.29, 1.82) is 0 Å². The van der Waals surface area contributed by atoms with Crippen LogP contribution >= 0.6 is 0 Å². The second-order valence-corrected chi connectivity index (χ2v) is 3.80. The number of aliphatic hydroxyl groups excluding tert-OH is 1. The first-order valence-corrected chi connectivity index (χ1v) is 5.24. The van der Waals surface area contributed by atoms with Gasteiger partial charge in [0.1, 0.15) is 0 Å². The first kappa shape index (κ1) is 11.0. The van der Waals surface area contributed by atoms with Gasteiger partial charge < -0.3 is 14.7 Å². The van der Waals surface area contributed by atoms with Gasteiger partial charge in [-0.2, -0.15) is 0 Å². The van der Waals surface area contributed by atoms with Gasteiger partial charge in [-0.1, -0.05) is 0 Å². The molecule has 1 N–H and O–H groups in total. The zero-order valence-corrected chi connectivity index (χ0v) is 8.54. The smallest absolute Gasteiger partial charge is 0.0587 e. The van der Waals surface area contributed by atoms with Crippen molar-refractivity contribution in [3.8, 4) is 0 Å². The van der Waals surface area contributed by atoms with Crippen LogP contribution in [-0.4, -0.2) is 49.5 Å². The van der Waals surface area contributed by atoms with E-state index in [0.717, 1.165) is 26.1 Å². The fourth-order valence-corrected chi connectivity index (χ4v) is 1.68. The summed E-state index contributed by atoms with van der Waals surface area (Å²) in [6.45, 7) is 2.99. The van der Waals surface area contributed by atoms with E-state index in [1.54, 1.807) is 0 Å². The number of aliphatic hydroxyl groups is 1. The normalized spacial score (nSPS) is 23.8. The summed E-state index contributed by atoms with van der Waals surface area (Å²) in [5.41, 5.74) is 0. The Morgan fingerprint density at radius 3 is 2.85 bits per heavy atom. The highest BCUT2D eigenvalue weighted by atomic mass is 16.5. The van der Waals surface area contributed by atoms with E-state index < -0.39 is 0 Å². The number of ether oxygens (including phenoxy) is 1. The van der Waals surface area contributed by atoms with Gasteiger partial charge in [0.2, 0.25) is 0 Å². The van der Waals surface area contributed by atoms with Crippen LogP contribution in [0.15, 0.2) is 0 Å². The molecule has 0 amide bonds. The average Bonchev–Trinajstić information content (AvgIpc) is 2.17. The monoisotopic (exact) mass is 187 g/mol. The summed E-state index contributed by atoms with van der Waals surface area (Å²) in [6.07, 6.45) is 5.33. The lowest BCUT2D eigenvalue weighted by Gasteiger charge is -2.24. The molecule has 1 fully saturated rings. The Balaban J connectivity index is 2.03. The molecule has 0 spiro atoms. The molecule has 1 saturated heterocycles. The maximum Gasteiger partial charge on any atom is 0.0587 e. The van der Waals surface area contributed by atoms with Crippen molar-refractivity contribution in [3.05, 3.63) is 0 Å². The van der Waals surface area contributed by atoms with Crippen LogP contribution < -0.4 is 0 Å². The minimum absolute atomic E-state index is 0.252. The van der Waals surface area contributed by atoms with Gasteiger partial charge >= 0.3 is 0 Å². The van der Waals surface area contributed by atoms with E-state index in [1.165, 1.54) is 19.3 Å². The minimum Gasteiger partial charge on any atom is -0.395 e. The summed E-state index contributed by atoms with van der Waals surface area (Å²) >= 11 is 0. The molecular formula is C10H21NO2. The molecule has 0 radical (unpaired) electrons. The maximum atomic E-state index is 8.70. The third kappa shape index (κ3) is 4.60. The predicted molar refractivity (Wildman–Crippen MR) is 52.8 cm³/mol. The van der Waals surface area contributed by atoms with E-state index >= 15 is 0 Å². The molecule has 0 saturated carbocycles. The van der Waals surface area contributed by atoms with Gasteiger partial charge in [0, 0.05) is 19.7 Å². The number of hydrogen-bond acceptors (Lipinski definition) is 3. The molecule has 0 bridgehead atoms. The van der Waals surface area contributed by atoms with Gasteiger partial charge in [0.15, 0.2) is 0 Å². The van der Waals surface area contributed by atoms with Crippen molar-refractivity contribution in [1.82, 2.24) is 4.90 Å². The van der Waals surface area contributed by atoms with E-state index in [9.17, 15) is 0 Å². The van der Waals surface area contributed by atoms with Crippen LogP contribution in [0.5, 0.6) is 0 Å². The Morgan fingerprint density at radius 2 is 2.23 bits per heavy atom. The van der Waals surface area contributed by atoms with Crippen LogP contribution in [0.3, 0.4) is 0 Å². The van der Waals surface area contributed by atoms with E-state index in [2.05, 4.69) is 4.90 Å². The van der Waals surface area contributed by atoms with Gasteiger partial charge in [-0.15, -0.1) is 0 Å². The summed E-state index contributed by atoms with van der Waals surface area (Å²) < 4.78 is 5.62. The highest BCUT2D eigenvalue weighted by molar-refractivity contribution is 4.65. The molecule has 0 aliphatic carbocycles. The lowest BCUT2D eigenvalue weighted by Crippen LogP contribution is -2.28. The van der Waals surface area contributed by atoms with Crippen LogP contribution in [-0.2, 0) is 4.74 Å². The highest BCUT2D eigenvalue weighted by Crippen LogP contribution is 2.15. The molecular weight excluding hydrogens is 166 g/mol.